The largest absolute Gasteiger partial charge is 0.417 e. The number of rotatable bonds is 5. The molecule has 0 spiro atoms. The molecule has 0 aromatic carbocycles. The highest BCUT2D eigenvalue weighted by molar-refractivity contribution is 7.16. The quantitative estimate of drug-likeness (QED) is 0.689. The minimum Gasteiger partial charge on any atom is -0.355 e. The second-order valence-corrected chi connectivity index (χ2v) is 9.52. The van der Waals surface area contributed by atoms with Crippen LogP contribution in [0.15, 0.2) is 18.3 Å². The van der Waals surface area contributed by atoms with Gasteiger partial charge in [-0.25, -0.2) is 4.98 Å². The molecule has 0 bridgehead atoms. The lowest BCUT2D eigenvalue weighted by atomic mass is 9.96. The number of anilines is 2. The van der Waals surface area contributed by atoms with E-state index in [0.717, 1.165) is 56.5 Å². The number of fused-ring (bicyclic) bond motifs is 1. The van der Waals surface area contributed by atoms with E-state index in [0.29, 0.717) is 49.0 Å². The Hall–Kier alpha value is -2.64. The van der Waals surface area contributed by atoms with E-state index in [9.17, 15) is 23.2 Å². The molecule has 2 aromatic heterocycles. The minimum absolute atomic E-state index is 0.101. The third-order valence-electron chi connectivity index (χ3n) is 6.18. The van der Waals surface area contributed by atoms with Gasteiger partial charge in [0.2, 0.25) is 5.91 Å². The number of carbonyl (C=O) groups excluding carboxylic acids is 1. The standard InChI is InChI=1S/C23H26F3N5OS/c24-23(25,26)16-6-7-20(28-15-16)31-10-3-9-30(12-13-31)11-8-21(32)29-22-18(14-27)17-4-1-2-5-19(17)33-22/h6-7,15H,1-5,8-13H2,(H,29,32). The molecule has 0 saturated carbocycles. The van der Waals surface area contributed by atoms with E-state index in [-0.39, 0.29) is 5.91 Å². The fourth-order valence-corrected chi connectivity index (χ4v) is 5.64. The summed E-state index contributed by atoms with van der Waals surface area (Å²) in [5, 5.41) is 13.2. The van der Waals surface area contributed by atoms with Gasteiger partial charge in [-0.3, -0.25) is 4.79 Å². The number of halogens is 3. The van der Waals surface area contributed by atoms with Gasteiger partial charge in [-0.05, 0) is 56.3 Å². The number of nitrogens with zero attached hydrogens (tertiary/aromatic N) is 4. The molecule has 176 valence electrons. The van der Waals surface area contributed by atoms with Crippen molar-refractivity contribution >= 4 is 28.1 Å². The van der Waals surface area contributed by atoms with Crippen LogP contribution in [0, 0.1) is 11.3 Å². The lowest BCUT2D eigenvalue weighted by Gasteiger charge is -2.23. The van der Waals surface area contributed by atoms with Crippen molar-refractivity contribution in [3.8, 4) is 6.07 Å². The fourth-order valence-electron chi connectivity index (χ4n) is 4.39. The van der Waals surface area contributed by atoms with Gasteiger partial charge in [-0.1, -0.05) is 0 Å². The SMILES string of the molecule is N#Cc1c(NC(=O)CCN2CCCN(c3ccc(C(F)(F)F)cn3)CC2)sc2c1CCCC2. The summed E-state index contributed by atoms with van der Waals surface area (Å²) in [4.78, 5) is 22.0. The number of amides is 1. The third kappa shape index (κ3) is 5.65. The number of aromatic nitrogens is 1. The first-order valence-corrected chi connectivity index (χ1v) is 12.0. The van der Waals surface area contributed by atoms with Crippen LogP contribution in [0.25, 0.3) is 0 Å². The summed E-state index contributed by atoms with van der Waals surface area (Å²) in [6.07, 6.45) is 1.73. The average Bonchev–Trinajstić information content (AvgIpc) is 2.97. The molecular formula is C23H26F3N5OS. The number of nitrogens with one attached hydrogen (secondary N) is 1. The molecule has 0 atom stereocenters. The Morgan fingerprint density at radius 3 is 2.70 bits per heavy atom. The Kier molecular flexibility index (Phi) is 7.20. The normalized spacial score (nSPS) is 17.2. The zero-order chi connectivity index (χ0) is 23.4. The molecule has 2 aliphatic rings. The molecule has 1 saturated heterocycles. The van der Waals surface area contributed by atoms with Gasteiger partial charge >= 0.3 is 6.18 Å². The first-order chi connectivity index (χ1) is 15.8. The van der Waals surface area contributed by atoms with Crippen molar-refractivity contribution in [1.82, 2.24) is 9.88 Å². The van der Waals surface area contributed by atoms with Crippen molar-refractivity contribution in [3.05, 3.63) is 39.9 Å². The van der Waals surface area contributed by atoms with Gasteiger partial charge in [-0.2, -0.15) is 18.4 Å². The maximum atomic E-state index is 12.8. The van der Waals surface area contributed by atoms with E-state index in [2.05, 4.69) is 21.3 Å². The molecule has 0 radical (unpaired) electrons. The van der Waals surface area contributed by atoms with Crippen LogP contribution in [0.4, 0.5) is 24.0 Å². The van der Waals surface area contributed by atoms with Crippen LogP contribution < -0.4 is 10.2 Å². The van der Waals surface area contributed by atoms with Crippen LogP contribution in [0.1, 0.15) is 47.3 Å². The second kappa shape index (κ2) is 10.1. The number of nitriles is 1. The number of pyridine rings is 1. The molecule has 10 heteroatoms. The van der Waals surface area contributed by atoms with Gasteiger partial charge in [0.15, 0.2) is 0 Å². The molecule has 3 heterocycles. The van der Waals surface area contributed by atoms with Gasteiger partial charge in [0, 0.05) is 43.7 Å². The summed E-state index contributed by atoms with van der Waals surface area (Å²) in [5.41, 5.74) is 0.978. The summed E-state index contributed by atoms with van der Waals surface area (Å²) < 4.78 is 38.3. The van der Waals surface area contributed by atoms with Crippen molar-refractivity contribution in [1.29, 1.82) is 5.26 Å². The predicted molar refractivity (Wildman–Crippen MR) is 121 cm³/mol. The third-order valence-corrected chi connectivity index (χ3v) is 7.39. The number of alkyl halides is 3. The Labute approximate surface area is 195 Å². The smallest absolute Gasteiger partial charge is 0.355 e. The van der Waals surface area contributed by atoms with Gasteiger partial charge in [0.1, 0.15) is 16.9 Å². The van der Waals surface area contributed by atoms with Gasteiger partial charge in [-0.15, -0.1) is 11.3 Å². The molecule has 33 heavy (non-hydrogen) atoms. The Balaban J connectivity index is 1.28. The first-order valence-electron chi connectivity index (χ1n) is 11.2. The molecule has 1 fully saturated rings. The number of aryl methyl sites for hydroxylation is 1. The van der Waals surface area contributed by atoms with Crippen LogP contribution in [-0.4, -0.2) is 48.5 Å². The van der Waals surface area contributed by atoms with Crippen molar-refractivity contribution in [2.45, 2.75) is 44.7 Å². The Morgan fingerprint density at radius 2 is 1.97 bits per heavy atom. The van der Waals surface area contributed by atoms with Gasteiger partial charge in [0.25, 0.3) is 0 Å². The van der Waals surface area contributed by atoms with Crippen LogP contribution in [0.3, 0.4) is 0 Å². The number of carbonyl (C=O) groups is 1. The van der Waals surface area contributed by atoms with E-state index in [1.165, 1.54) is 22.3 Å². The lowest BCUT2D eigenvalue weighted by molar-refractivity contribution is -0.137. The van der Waals surface area contributed by atoms with Crippen LogP contribution >= 0.6 is 11.3 Å². The molecular weight excluding hydrogens is 451 g/mol. The molecule has 4 rings (SSSR count). The maximum absolute atomic E-state index is 12.8. The van der Waals surface area contributed by atoms with E-state index in [1.54, 1.807) is 0 Å². The zero-order valence-corrected chi connectivity index (χ0v) is 19.1. The summed E-state index contributed by atoms with van der Waals surface area (Å²) in [7, 11) is 0. The highest BCUT2D eigenvalue weighted by Gasteiger charge is 2.31. The summed E-state index contributed by atoms with van der Waals surface area (Å²) in [5.74, 6) is 0.434. The number of hydrogen-bond acceptors (Lipinski definition) is 6. The summed E-state index contributed by atoms with van der Waals surface area (Å²) in [6.45, 7) is 3.44. The van der Waals surface area contributed by atoms with Crippen LogP contribution in [-0.2, 0) is 23.8 Å². The molecule has 6 nitrogen and oxygen atoms in total. The summed E-state index contributed by atoms with van der Waals surface area (Å²) >= 11 is 1.53. The fraction of sp³-hybridized carbons (Fsp3) is 0.522. The first kappa shape index (κ1) is 23.5. The molecule has 2 aromatic rings. The molecule has 1 aliphatic carbocycles. The second-order valence-electron chi connectivity index (χ2n) is 8.41. The van der Waals surface area contributed by atoms with Gasteiger partial charge < -0.3 is 15.1 Å². The Morgan fingerprint density at radius 1 is 1.15 bits per heavy atom. The van der Waals surface area contributed by atoms with Crippen molar-refractivity contribution < 1.29 is 18.0 Å². The average molecular weight is 478 g/mol. The molecule has 1 amide bonds. The number of thiophene rings is 1. The van der Waals surface area contributed by atoms with Crippen molar-refractivity contribution in [2.75, 3.05) is 42.9 Å². The minimum atomic E-state index is -4.39. The van der Waals surface area contributed by atoms with E-state index in [4.69, 9.17) is 0 Å². The molecule has 0 unspecified atom stereocenters. The van der Waals surface area contributed by atoms with Crippen molar-refractivity contribution in [3.63, 3.8) is 0 Å². The van der Waals surface area contributed by atoms with E-state index >= 15 is 0 Å². The van der Waals surface area contributed by atoms with Crippen LogP contribution in [0.2, 0.25) is 0 Å². The summed E-state index contributed by atoms with van der Waals surface area (Å²) in [6, 6.07) is 4.75. The molecule has 1 N–H and O–H groups in total. The van der Waals surface area contributed by atoms with E-state index < -0.39 is 11.7 Å². The van der Waals surface area contributed by atoms with Gasteiger partial charge in [0.05, 0.1) is 11.1 Å². The molecule has 1 aliphatic heterocycles. The highest BCUT2D eigenvalue weighted by atomic mass is 32.1. The monoisotopic (exact) mass is 477 g/mol. The van der Waals surface area contributed by atoms with Crippen LogP contribution in [0.5, 0.6) is 0 Å². The lowest BCUT2D eigenvalue weighted by Crippen LogP contribution is -2.33. The highest BCUT2D eigenvalue weighted by Crippen LogP contribution is 2.37. The topological polar surface area (TPSA) is 72.3 Å². The van der Waals surface area contributed by atoms with E-state index in [1.807, 2.05) is 4.90 Å². The zero-order valence-electron chi connectivity index (χ0n) is 18.2. The predicted octanol–water partition coefficient (Wildman–Crippen LogP) is 4.45. The maximum Gasteiger partial charge on any atom is 0.417 e. The number of hydrogen-bond donors (Lipinski definition) is 1. The Bertz CT molecular complexity index is 1030. The van der Waals surface area contributed by atoms with Crippen molar-refractivity contribution in [2.24, 2.45) is 0 Å².